The predicted octanol–water partition coefficient (Wildman–Crippen LogP) is 1.62. The summed E-state index contributed by atoms with van der Waals surface area (Å²) in [5.74, 6) is -2.31. The van der Waals surface area contributed by atoms with Crippen molar-refractivity contribution in [3.63, 3.8) is 0 Å². The summed E-state index contributed by atoms with van der Waals surface area (Å²) < 4.78 is 16.0. The van der Waals surface area contributed by atoms with Crippen LogP contribution in [0.15, 0.2) is 24.3 Å². The van der Waals surface area contributed by atoms with Crippen molar-refractivity contribution in [3.05, 3.63) is 29.8 Å². The van der Waals surface area contributed by atoms with Gasteiger partial charge in [-0.15, -0.1) is 0 Å². The number of carboxylic acid groups (broad SMARTS) is 1. The Morgan fingerprint density at radius 3 is 2.68 bits per heavy atom. The third kappa shape index (κ3) is 2.66. The number of methoxy groups -OCH3 is 1. The molecule has 1 N–H and O–H groups in total. The normalized spacial score (nSPS) is 29.3. The van der Waals surface area contributed by atoms with Crippen molar-refractivity contribution in [2.45, 2.75) is 31.7 Å². The van der Waals surface area contributed by atoms with Crippen LogP contribution in [0.2, 0.25) is 0 Å². The Kier molecular flexibility index (Phi) is 4.02. The lowest BCUT2D eigenvalue weighted by Gasteiger charge is -2.23. The highest BCUT2D eigenvalue weighted by molar-refractivity contribution is 5.83. The van der Waals surface area contributed by atoms with Crippen molar-refractivity contribution < 1.29 is 28.9 Å². The molecule has 0 aliphatic carbocycles. The van der Waals surface area contributed by atoms with Crippen molar-refractivity contribution in [1.29, 1.82) is 0 Å². The molecule has 0 radical (unpaired) electrons. The van der Waals surface area contributed by atoms with Crippen LogP contribution < -0.4 is 4.74 Å². The second kappa shape index (κ2) is 5.96. The van der Waals surface area contributed by atoms with Gasteiger partial charge in [-0.3, -0.25) is 9.59 Å². The van der Waals surface area contributed by atoms with E-state index in [0.717, 1.165) is 5.56 Å². The fourth-order valence-electron chi connectivity index (χ4n) is 3.30. The molecule has 0 saturated carbocycles. The molecule has 22 heavy (non-hydrogen) atoms. The topological polar surface area (TPSA) is 82.1 Å². The fourth-order valence-corrected chi connectivity index (χ4v) is 3.30. The summed E-state index contributed by atoms with van der Waals surface area (Å²) in [7, 11) is 1.56. The third-order valence-corrected chi connectivity index (χ3v) is 4.35. The largest absolute Gasteiger partial charge is 0.497 e. The molecule has 4 atom stereocenters. The van der Waals surface area contributed by atoms with Crippen molar-refractivity contribution >= 4 is 11.9 Å². The standard InChI is InChI=1S/C16H18O6/c1-20-10-4-2-3-9(7-10)8-21-16(19)14-12-6-5-11(22-12)13(14)15(17)18/h2-4,7,11-14H,5-6,8H2,1H3,(H,17,18)/t11-,12+,13?,14?/m0/s1. The first kappa shape index (κ1) is 14.8. The van der Waals surface area contributed by atoms with Gasteiger partial charge in [0.25, 0.3) is 0 Å². The Bertz CT molecular complexity index is 584. The zero-order chi connectivity index (χ0) is 15.7. The molecular weight excluding hydrogens is 288 g/mol. The maximum absolute atomic E-state index is 12.3. The van der Waals surface area contributed by atoms with E-state index in [0.29, 0.717) is 18.6 Å². The number of hydrogen-bond donors (Lipinski definition) is 1. The quantitative estimate of drug-likeness (QED) is 0.832. The summed E-state index contributed by atoms with van der Waals surface area (Å²) in [5, 5.41) is 9.30. The number of carboxylic acids is 1. The van der Waals surface area contributed by atoms with Gasteiger partial charge in [-0.2, -0.15) is 0 Å². The van der Waals surface area contributed by atoms with Gasteiger partial charge in [0.2, 0.25) is 0 Å². The molecule has 2 aliphatic heterocycles. The molecular formula is C16H18O6. The highest BCUT2D eigenvalue weighted by Gasteiger charge is 2.56. The number of esters is 1. The van der Waals surface area contributed by atoms with Crippen molar-refractivity contribution in [1.82, 2.24) is 0 Å². The SMILES string of the molecule is COc1cccc(COC(=O)C2C(C(=O)O)[C@@H]3CC[C@H]2O3)c1. The Balaban J connectivity index is 1.65. The molecule has 3 rings (SSSR count). The summed E-state index contributed by atoms with van der Waals surface area (Å²) in [6, 6.07) is 7.21. The van der Waals surface area contributed by atoms with E-state index in [1.165, 1.54) is 0 Å². The lowest BCUT2D eigenvalue weighted by atomic mass is 9.79. The minimum absolute atomic E-state index is 0.0935. The van der Waals surface area contributed by atoms with Crippen molar-refractivity contribution in [2.75, 3.05) is 7.11 Å². The van der Waals surface area contributed by atoms with Gasteiger partial charge < -0.3 is 19.3 Å². The first-order valence-electron chi connectivity index (χ1n) is 7.28. The Labute approximate surface area is 128 Å². The molecule has 2 heterocycles. The van der Waals surface area contributed by atoms with E-state index < -0.39 is 23.8 Å². The second-order valence-corrected chi connectivity index (χ2v) is 5.64. The van der Waals surface area contributed by atoms with E-state index in [4.69, 9.17) is 14.2 Å². The lowest BCUT2D eigenvalue weighted by molar-refractivity contribution is -0.159. The molecule has 0 aromatic heterocycles. The number of benzene rings is 1. The van der Waals surface area contributed by atoms with Gasteiger partial charge in [0.1, 0.15) is 12.4 Å². The van der Waals surface area contributed by atoms with E-state index >= 15 is 0 Å². The number of fused-ring (bicyclic) bond motifs is 2. The fraction of sp³-hybridized carbons (Fsp3) is 0.500. The van der Waals surface area contributed by atoms with Gasteiger partial charge in [0, 0.05) is 0 Å². The van der Waals surface area contributed by atoms with Crippen LogP contribution in [-0.4, -0.2) is 36.4 Å². The molecule has 2 saturated heterocycles. The number of hydrogen-bond acceptors (Lipinski definition) is 5. The summed E-state index contributed by atoms with van der Waals surface area (Å²) >= 11 is 0. The van der Waals surface area contributed by atoms with Crippen LogP contribution in [0.4, 0.5) is 0 Å². The first-order chi connectivity index (χ1) is 10.6. The highest BCUT2D eigenvalue weighted by atomic mass is 16.5. The summed E-state index contributed by atoms with van der Waals surface area (Å²) in [6.07, 6.45) is 0.718. The van der Waals surface area contributed by atoms with Crippen LogP contribution in [0.1, 0.15) is 18.4 Å². The zero-order valence-electron chi connectivity index (χ0n) is 12.2. The minimum atomic E-state index is -0.990. The van der Waals surface area contributed by atoms with Crippen LogP contribution in [0.25, 0.3) is 0 Å². The van der Waals surface area contributed by atoms with Gasteiger partial charge in [-0.1, -0.05) is 12.1 Å². The highest BCUT2D eigenvalue weighted by Crippen LogP contribution is 2.44. The minimum Gasteiger partial charge on any atom is -0.497 e. The van der Waals surface area contributed by atoms with Crippen molar-refractivity contribution in [2.24, 2.45) is 11.8 Å². The molecule has 118 valence electrons. The molecule has 1 aromatic rings. The van der Waals surface area contributed by atoms with Crippen LogP contribution in [-0.2, 0) is 25.7 Å². The van der Waals surface area contributed by atoms with E-state index in [1.54, 1.807) is 19.2 Å². The van der Waals surface area contributed by atoms with Gasteiger partial charge in [-0.25, -0.2) is 0 Å². The Morgan fingerprint density at radius 2 is 2.00 bits per heavy atom. The number of carbonyl (C=O) groups is 2. The monoisotopic (exact) mass is 306 g/mol. The molecule has 0 amide bonds. The lowest BCUT2D eigenvalue weighted by Crippen LogP contribution is -2.39. The van der Waals surface area contributed by atoms with Crippen LogP contribution in [0.3, 0.4) is 0 Å². The van der Waals surface area contributed by atoms with E-state index in [-0.39, 0.29) is 18.8 Å². The smallest absolute Gasteiger partial charge is 0.312 e. The van der Waals surface area contributed by atoms with E-state index in [9.17, 15) is 14.7 Å². The molecule has 2 bridgehead atoms. The van der Waals surface area contributed by atoms with Crippen molar-refractivity contribution in [3.8, 4) is 5.75 Å². The van der Waals surface area contributed by atoms with Crippen LogP contribution in [0, 0.1) is 11.8 Å². The summed E-state index contributed by atoms with van der Waals surface area (Å²) in [5.41, 5.74) is 0.795. The number of rotatable bonds is 5. The second-order valence-electron chi connectivity index (χ2n) is 5.64. The molecule has 6 heteroatoms. The summed E-state index contributed by atoms with van der Waals surface area (Å²) in [4.78, 5) is 23.6. The molecule has 2 aliphatic rings. The average molecular weight is 306 g/mol. The van der Waals surface area contributed by atoms with Crippen LogP contribution in [0.5, 0.6) is 5.75 Å². The molecule has 2 unspecified atom stereocenters. The van der Waals surface area contributed by atoms with E-state index in [2.05, 4.69) is 0 Å². The number of carbonyl (C=O) groups excluding carboxylic acids is 1. The molecule has 1 aromatic carbocycles. The van der Waals surface area contributed by atoms with Gasteiger partial charge in [-0.05, 0) is 30.5 Å². The first-order valence-corrected chi connectivity index (χ1v) is 7.28. The molecule has 2 fully saturated rings. The van der Waals surface area contributed by atoms with Gasteiger partial charge >= 0.3 is 11.9 Å². The predicted molar refractivity (Wildman–Crippen MR) is 75.3 cm³/mol. The maximum Gasteiger partial charge on any atom is 0.312 e. The zero-order valence-corrected chi connectivity index (χ0v) is 12.2. The van der Waals surface area contributed by atoms with Gasteiger partial charge in [0.15, 0.2) is 0 Å². The van der Waals surface area contributed by atoms with E-state index in [1.807, 2.05) is 12.1 Å². The average Bonchev–Trinajstić information content (AvgIpc) is 3.13. The molecule has 0 spiro atoms. The number of ether oxygens (including phenoxy) is 3. The number of aliphatic carboxylic acids is 1. The third-order valence-electron chi connectivity index (χ3n) is 4.35. The maximum atomic E-state index is 12.3. The molecule has 6 nitrogen and oxygen atoms in total. The Morgan fingerprint density at radius 1 is 1.27 bits per heavy atom. The van der Waals surface area contributed by atoms with Gasteiger partial charge in [0.05, 0.1) is 31.2 Å². The van der Waals surface area contributed by atoms with Crippen LogP contribution >= 0.6 is 0 Å². The summed E-state index contributed by atoms with van der Waals surface area (Å²) in [6.45, 7) is 0.0935. The Hall–Kier alpha value is -2.08.